The molecule has 82 valence electrons. The maximum atomic E-state index is 11.0. The van der Waals surface area contributed by atoms with E-state index in [1.54, 1.807) is 0 Å². The summed E-state index contributed by atoms with van der Waals surface area (Å²) < 4.78 is 9.70. The highest BCUT2D eigenvalue weighted by molar-refractivity contribution is 6.06. The number of hydrogen-bond donors (Lipinski definition) is 0. The van der Waals surface area contributed by atoms with Crippen molar-refractivity contribution >= 4 is 11.6 Å². The number of rotatable bonds is 5. The fourth-order valence-corrected chi connectivity index (χ4v) is 0.783. The summed E-state index contributed by atoms with van der Waals surface area (Å²) in [5, 5.41) is 0. The molecule has 0 aromatic rings. The molecule has 0 radical (unpaired) electrons. The molecule has 0 spiro atoms. The molecule has 0 aliphatic heterocycles. The zero-order valence-electron chi connectivity index (χ0n) is 8.94. The van der Waals surface area contributed by atoms with Crippen LogP contribution in [-0.4, -0.2) is 25.8 Å². The number of methoxy groups -OCH3 is 2. The van der Waals surface area contributed by atoms with Crippen LogP contribution in [0.5, 0.6) is 0 Å². The fraction of sp³-hybridized carbons (Fsp3) is 0.167. The van der Waals surface area contributed by atoms with Gasteiger partial charge in [0.05, 0.1) is 14.2 Å². The lowest BCUT2D eigenvalue weighted by Crippen LogP contribution is -2.02. The van der Waals surface area contributed by atoms with Gasteiger partial charge in [0.2, 0.25) is 11.6 Å². The van der Waals surface area contributed by atoms with E-state index in [1.807, 2.05) is 11.8 Å². The summed E-state index contributed by atoms with van der Waals surface area (Å²) in [6.45, 7) is 0. The van der Waals surface area contributed by atoms with E-state index in [1.165, 1.54) is 14.2 Å². The number of ketones is 2. The SMILES string of the molecule is C#CC(=O)/C=C(OC)/C(=C/C(=O)C#C)OC. The van der Waals surface area contributed by atoms with Crippen LogP contribution in [0.3, 0.4) is 0 Å². The summed E-state index contributed by atoms with van der Waals surface area (Å²) in [6.07, 6.45) is 11.8. The average molecular weight is 218 g/mol. The van der Waals surface area contributed by atoms with Gasteiger partial charge < -0.3 is 9.47 Å². The predicted octanol–water partition coefficient (Wildman–Crippen LogP) is 0.452. The summed E-state index contributed by atoms with van der Waals surface area (Å²) in [6, 6.07) is 0. The van der Waals surface area contributed by atoms with Gasteiger partial charge in [0, 0.05) is 12.2 Å². The molecule has 0 N–H and O–H groups in total. The molecule has 0 bridgehead atoms. The number of ether oxygens (including phenoxy) is 2. The summed E-state index contributed by atoms with van der Waals surface area (Å²) in [7, 11) is 2.62. The molecule has 16 heavy (non-hydrogen) atoms. The third-order valence-corrected chi connectivity index (χ3v) is 1.49. The smallest absolute Gasteiger partial charge is 0.232 e. The van der Waals surface area contributed by atoms with E-state index < -0.39 is 11.6 Å². The normalized spacial score (nSPS) is 11.0. The van der Waals surface area contributed by atoms with E-state index in [0.717, 1.165) is 12.2 Å². The first-order valence-electron chi connectivity index (χ1n) is 4.12. The Morgan fingerprint density at radius 3 is 1.44 bits per heavy atom. The number of allylic oxidation sites excluding steroid dienone is 2. The van der Waals surface area contributed by atoms with Gasteiger partial charge in [-0.3, -0.25) is 9.59 Å². The van der Waals surface area contributed by atoms with Crippen LogP contribution in [0.1, 0.15) is 0 Å². The lowest BCUT2D eigenvalue weighted by Gasteiger charge is -2.07. The van der Waals surface area contributed by atoms with Crippen LogP contribution in [0.25, 0.3) is 0 Å². The molecule has 4 nitrogen and oxygen atoms in total. The maximum absolute atomic E-state index is 11.0. The minimum absolute atomic E-state index is 0.0362. The van der Waals surface area contributed by atoms with Gasteiger partial charge in [0.15, 0.2) is 11.5 Å². The van der Waals surface area contributed by atoms with Crippen molar-refractivity contribution in [2.24, 2.45) is 0 Å². The average Bonchev–Trinajstić information content (AvgIpc) is 2.32. The molecule has 0 aromatic heterocycles. The molecule has 0 fully saturated rings. The van der Waals surface area contributed by atoms with Crippen LogP contribution in [-0.2, 0) is 19.1 Å². The van der Waals surface area contributed by atoms with Gasteiger partial charge in [-0.1, -0.05) is 0 Å². The highest BCUT2D eigenvalue weighted by atomic mass is 16.5. The molecule has 0 aliphatic carbocycles. The number of carbonyl (C=O) groups excluding carboxylic acids is 2. The number of carbonyl (C=O) groups is 2. The van der Waals surface area contributed by atoms with Crippen molar-refractivity contribution in [1.29, 1.82) is 0 Å². The maximum Gasteiger partial charge on any atom is 0.232 e. The zero-order valence-corrected chi connectivity index (χ0v) is 8.94. The zero-order chi connectivity index (χ0) is 12.6. The first-order chi connectivity index (χ1) is 7.58. The topological polar surface area (TPSA) is 52.6 Å². The quantitative estimate of drug-likeness (QED) is 0.221. The van der Waals surface area contributed by atoms with Gasteiger partial charge in [-0.15, -0.1) is 12.8 Å². The van der Waals surface area contributed by atoms with Crippen molar-refractivity contribution in [3.05, 3.63) is 23.7 Å². The second-order valence-electron chi connectivity index (χ2n) is 2.44. The van der Waals surface area contributed by atoms with Crippen molar-refractivity contribution in [2.45, 2.75) is 0 Å². The molecule has 4 heteroatoms. The molecule has 0 saturated heterocycles. The van der Waals surface area contributed by atoms with Gasteiger partial charge in [0.25, 0.3) is 0 Å². The largest absolute Gasteiger partial charge is 0.493 e. The van der Waals surface area contributed by atoms with Gasteiger partial charge in [-0.05, 0) is 11.8 Å². The Labute approximate surface area is 93.9 Å². The summed E-state index contributed by atoms with van der Waals surface area (Å²) in [5.74, 6) is 2.61. The minimum atomic E-state index is -0.604. The van der Waals surface area contributed by atoms with Crippen LogP contribution < -0.4 is 0 Å². The molecule has 0 saturated carbocycles. The second kappa shape index (κ2) is 6.92. The van der Waals surface area contributed by atoms with Crippen molar-refractivity contribution < 1.29 is 19.1 Å². The third kappa shape index (κ3) is 4.17. The van der Waals surface area contributed by atoms with Crippen LogP contribution in [0.15, 0.2) is 23.7 Å². The summed E-state index contributed by atoms with van der Waals surface area (Å²) in [4.78, 5) is 21.9. The number of hydrogen-bond acceptors (Lipinski definition) is 4. The Kier molecular flexibility index (Phi) is 5.85. The monoisotopic (exact) mass is 218 g/mol. The lowest BCUT2D eigenvalue weighted by molar-refractivity contribution is -0.110. The minimum Gasteiger partial charge on any atom is -0.493 e. The van der Waals surface area contributed by atoms with Gasteiger partial charge in [0.1, 0.15) is 0 Å². The van der Waals surface area contributed by atoms with Crippen LogP contribution in [0, 0.1) is 24.7 Å². The van der Waals surface area contributed by atoms with Crippen molar-refractivity contribution in [1.82, 2.24) is 0 Å². The first kappa shape index (κ1) is 13.5. The van der Waals surface area contributed by atoms with Crippen LogP contribution in [0.2, 0.25) is 0 Å². The van der Waals surface area contributed by atoms with Crippen LogP contribution >= 0.6 is 0 Å². The van der Waals surface area contributed by atoms with Crippen molar-refractivity contribution in [2.75, 3.05) is 14.2 Å². The van der Waals surface area contributed by atoms with E-state index in [2.05, 4.69) is 0 Å². The fourth-order valence-electron chi connectivity index (χ4n) is 0.783. The Balaban J connectivity index is 5.23. The van der Waals surface area contributed by atoms with E-state index in [-0.39, 0.29) is 11.5 Å². The van der Waals surface area contributed by atoms with E-state index in [9.17, 15) is 9.59 Å². The molecular formula is C12H10O4. The third-order valence-electron chi connectivity index (χ3n) is 1.49. The standard InChI is InChI=1S/C12H10O4/c1-5-9(13)7-11(15-3)12(16-4)8-10(14)6-2/h1-2,7-8H,3-4H3/b11-7-,12-8-. The Hall–Kier alpha value is -2.46. The molecule has 0 heterocycles. The van der Waals surface area contributed by atoms with Crippen LogP contribution in [0.4, 0.5) is 0 Å². The molecule has 0 rings (SSSR count). The first-order valence-corrected chi connectivity index (χ1v) is 4.12. The molecule has 0 atom stereocenters. The van der Waals surface area contributed by atoms with Crippen molar-refractivity contribution in [3.8, 4) is 24.7 Å². The molecule has 0 aromatic carbocycles. The summed E-state index contributed by atoms with van der Waals surface area (Å²) in [5.41, 5.74) is 0. The Bertz CT molecular complexity index is 385. The van der Waals surface area contributed by atoms with E-state index in [4.69, 9.17) is 22.3 Å². The number of terminal acetylenes is 2. The molecule has 0 aliphatic rings. The highest BCUT2D eigenvalue weighted by Gasteiger charge is 2.09. The Morgan fingerprint density at radius 2 is 1.25 bits per heavy atom. The van der Waals surface area contributed by atoms with E-state index >= 15 is 0 Å². The predicted molar refractivity (Wildman–Crippen MR) is 57.9 cm³/mol. The van der Waals surface area contributed by atoms with Gasteiger partial charge >= 0.3 is 0 Å². The van der Waals surface area contributed by atoms with Crippen molar-refractivity contribution in [3.63, 3.8) is 0 Å². The molecule has 0 unspecified atom stereocenters. The van der Waals surface area contributed by atoms with Gasteiger partial charge in [-0.25, -0.2) is 0 Å². The second-order valence-corrected chi connectivity index (χ2v) is 2.44. The van der Waals surface area contributed by atoms with Gasteiger partial charge in [-0.2, -0.15) is 0 Å². The Morgan fingerprint density at radius 1 is 0.938 bits per heavy atom. The lowest BCUT2D eigenvalue weighted by atomic mass is 10.2. The van der Waals surface area contributed by atoms with E-state index in [0.29, 0.717) is 0 Å². The highest BCUT2D eigenvalue weighted by Crippen LogP contribution is 2.11. The summed E-state index contributed by atoms with van der Waals surface area (Å²) >= 11 is 0. The molecule has 0 amide bonds. The molecular weight excluding hydrogens is 208 g/mol.